The highest BCUT2D eigenvalue weighted by Gasteiger charge is 2.34. The Labute approximate surface area is 88.2 Å². The Kier molecular flexibility index (Phi) is 4.90. The maximum atomic E-state index is 5.93. The van der Waals surface area contributed by atoms with Crippen LogP contribution in [0.2, 0.25) is 0 Å². The van der Waals surface area contributed by atoms with E-state index in [9.17, 15) is 0 Å². The maximum Gasteiger partial charge on any atom is 0.0694 e. The van der Waals surface area contributed by atoms with E-state index in [1.807, 2.05) is 0 Å². The normalized spacial score (nSPS) is 23.4. The summed E-state index contributed by atoms with van der Waals surface area (Å²) >= 11 is 0. The zero-order valence-electron chi connectivity index (χ0n) is 9.72. The summed E-state index contributed by atoms with van der Waals surface area (Å²) in [7, 11) is 0. The Morgan fingerprint density at radius 3 is 2.43 bits per heavy atom. The second-order valence-electron chi connectivity index (χ2n) is 4.62. The SMILES string of the molecule is CCOC(C)(CCN)C1CCCCC1. The molecule has 1 aliphatic rings. The molecule has 0 heterocycles. The molecule has 1 fully saturated rings. The van der Waals surface area contributed by atoms with Crippen LogP contribution in [0.1, 0.15) is 52.4 Å². The Balaban J connectivity index is 2.54. The number of rotatable bonds is 5. The summed E-state index contributed by atoms with van der Waals surface area (Å²) in [5, 5.41) is 0. The van der Waals surface area contributed by atoms with Crippen molar-refractivity contribution >= 4 is 0 Å². The minimum Gasteiger partial charge on any atom is -0.375 e. The van der Waals surface area contributed by atoms with Gasteiger partial charge in [0.2, 0.25) is 0 Å². The minimum absolute atomic E-state index is 0.0456. The lowest BCUT2D eigenvalue weighted by Gasteiger charge is -2.39. The molecule has 0 aromatic rings. The first-order chi connectivity index (χ1) is 6.73. The van der Waals surface area contributed by atoms with Crippen LogP contribution < -0.4 is 5.73 Å². The van der Waals surface area contributed by atoms with E-state index < -0.39 is 0 Å². The molecule has 0 aromatic carbocycles. The Morgan fingerprint density at radius 1 is 1.29 bits per heavy atom. The zero-order chi connectivity index (χ0) is 10.4. The standard InChI is InChI=1S/C12H25NO/c1-3-14-12(2,9-10-13)11-7-5-4-6-8-11/h11H,3-10,13H2,1-2H3. The van der Waals surface area contributed by atoms with Crippen LogP contribution in [-0.4, -0.2) is 18.8 Å². The lowest BCUT2D eigenvalue weighted by atomic mass is 9.76. The van der Waals surface area contributed by atoms with E-state index in [4.69, 9.17) is 10.5 Å². The first-order valence-electron chi connectivity index (χ1n) is 6.07. The summed E-state index contributed by atoms with van der Waals surface area (Å²) in [6.07, 6.45) is 7.82. The van der Waals surface area contributed by atoms with Crippen molar-refractivity contribution in [2.24, 2.45) is 11.7 Å². The van der Waals surface area contributed by atoms with E-state index in [0.29, 0.717) is 0 Å². The van der Waals surface area contributed by atoms with Crippen LogP contribution in [0.3, 0.4) is 0 Å². The molecular weight excluding hydrogens is 174 g/mol. The molecule has 1 saturated carbocycles. The highest BCUT2D eigenvalue weighted by atomic mass is 16.5. The highest BCUT2D eigenvalue weighted by molar-refractivity contribution is 4.86. The van der Waals surface area contributed by atoms with E-state index >= 15 is 0 Å². The molecule has 0 bridgehead atoms. The van der Waals surface area contributed by atoms with E-state index in [1.54, 1.807) is 0 Å². The van der Waals surface area contributed by atoms with Crippen molar-refractivity contribution in [2.45, 2.75) is 58.0 Å². The molecule has 0 radical (unpaired) electrons. The maximum absolute atomic E-state index is 5.93. The summed E-state index contributed by atoms with van der Waals surface area (Å²) < 4.78 is 5.93. The number of hydrogen-bond donors (Lipinski definition) is 1. The third kappa shape index (κ3) is 2.96. The van der Waals surface area contributed by atoms with Gasteiger partial charge in [-0.05, 0) is 45.6 Å². The third-order valence-electron chi connectivity index (χ3n) is 3.58. The average molecular weight is 199 g/mol. The van der Waals surface area contributed by atoms with Crippen molar-refractivity contribution in [3.63, 3.8) is 0 Å². The largest absolute Gasteiger partial charge is 0.375 e. The van der Waals surface area contributed by atoms with Gasteiger partial charge in [0.1, 0.15) is 0 Å². The van der Waals surface area contributed by atoms with Crippen LogP contribution in [0, 0.1) is 5.92 Å². The van der Waals surface area contributed by atoms with Crippen LogP contribution in [-0.2, 0) is 4.74 Å². The molecule has 0 spiro atoms. The summed E-state index contributed by atoms with van der Waals surface area (Å²) in [5.41, 5.74) is 5.72. The molecule has 2 heteroatoms. The first kappa shape index (κ1) is 12.0. The Bertz CT molecular complexity index is 146. The Morgan fingerprint density at radius 2 is 1.93 bits per heavy atom. The van der Waals surface area contributed by atoms with E-state index in [2.05, 4.69) is 13.8 Å². The quantitative estimate of drug-likeness (QED) is 0.739. The molecule has 0 amide bonds. The number of hydrogen-bond acceptors (Lipinski definition) is 2. The van der Waals surface area contributed by atoms with E-state index in [-0.39, 0.29) is 5.60 Å². The molecule has 84 valence electrons. The van der Waals surface area contributed by atoms with Gasteiger partial charge >= 0.3 is 0 Å². The fourth-order valence-electron chi connectivity index (χ4n) is 2.72. The molecule has 0 aliphatic heterocycles. The molecule has 1 unspecified atom stereocenters. The lowest BCUT2D eigenvalue weighted by molar-refractivity contribution is -0.0822. The van der Waals surface area contributed by atoms with E-state index in [0.717, 1.165) is 25.5 Å². The van der Waals surface area contributed by atoms with Crippen molar-refractivity contribution < 1.29 is 4.74 Å². The summed E-state index contributed by atoms with van der Waals surface area (Å²) in [6, 6.07) is 0. The van der Waals surface area contributed by atoms with Gasteiger partial charge in [-0.3, -0.25) is 0 Å². The molecular formula is C12H25NO. The summed E-state index contributed by atoms with van der Waals surface area (Å²) in [4.78, 5) is 0. The summed E-state index contributed by atoms with van der Waals surface area (Å²) in [5.74, 6) is 0.736. The van der Waals surface area contributed by atoms with Gasteiger partial charge in [-0.15, -0.1) is 0 Å². The second-order valence-corrected chi connectivity index (χ2v) is 4.62. The molecule has 0 saturated heterocycles. The number of ether oxygens (including phenoxy) is 1. The van der Waals surface area contributed by atoms with Gasteiger partial charge in [-0.1, -0.05) is 19.3 Å². The van der Waals surface area contributed by atoms with Crippen molar-refractivity contribution in [3.8, 4) is 0 Å². The van der Waals surface area contributed by atoms with Crippen molar-refractivity contribution in [1.82, 2.24) is 0 Å². The monoisotopic (exact) mass is 199 g/mol. The molecule has 2 N–H and O–H groups in total. The van der Waals surface area contributed by atoms with Gasteiger partial charge in [0.25, 0.3) is 0 Å². The first-order valence-corrected chi connectivity index (χ1v) is 6.07. The van der Waals surface area contributed by atoms with Gasteiger partial charge in [-0.25, -0.2) is 0 Å². The van der Waals surface area contributed by atoms with Gasteiger partial charge in [0.05, 0.1) is 5.60 Å². The number of nitrogens with two attached hydrogens (primary N) is 1. The third-order valence-corrected chi connectivity index (χ3v) is 3.58. The fourth-order valence-corrected chi connectivity index (χ4v) is 2.72. The predicted octanol–water partition coefficient (Wildman–Crippen LogP) is 2.71. The molecule has 14 heavy (non-hydrogen) atoms. The van der Waals surface area contributed by atoms with Crippen molar-refractivity contribution in [2.75, 3.05) is 13.2 Å². The molecule has 1 atom stereocenters. The van der Waals surface area contributed by atoms with Crippen LogP contribution in [0.15, 0.2) is 0 Å². The highest BCUT2D eigenvalue weighted by Crippen LogP contribution is 2.36. The van der Waals surface area contributed by atoms with Crippen LogP contribution >= 0.6 is 0 Å². The average Bonchev–Trinajstić information content (AvgIpc) is 2.20. The Hall–Kier alpha value is -0.0800. The predicted molar refractivity (Wildman–Crippen MR) is 60.3 cm³/mol. The lowest BCUT2D eigenvalue weighted by Crippen LogP contribution is -2.40. The van der Waals surface area contributed by atoms with Crippen LogP contribution in [0.25, 0.3) is 0 Å². The second kappa shape index (κ2) is 5.72. The van der Waals surface area contributed by atoms with Gasteiger partial charge in [-0.2, -0.15) is 0 Å². The van der Waals surface area contributed by atoms with Crippen LogP contribution in [0.4, 0.5) is 0 Å². The molecule has 2 nitrogen and oxygen atoms in total. The topological polar surface area (TPSA) is 35.2 Å². The van der Waals surface area contributed by atoms with Crippen molar-refractivity contribution in [1.29, 1.82) is 0 Å². The van der Waals surface area contributed by atoms with E-state index in [1.165, 1.54) is 32.1 Å². The van der Waals surface area contributed by atoms with Gasteiger partial charge < -0.3 is 10.5 Å². The minimum atomic E-state index is 0.0456. The molecule has 0 aromatic heterocycles. The fraction of sp³-hybridized carbons (Fsp3) is 1.00. The molecule has 1 aliphatic carbocycles. The van der Waals surface area contributed by atoms with Crippen molar-refractivity contribution in [3.05, 3.63) is 0 Å². The summed E-state index contributed by atoms with van der Waals surface area (Å²) in [6.45, 7) is 5.89. The van der Waals surface area contributed by atoms with Crippen LogP contribution in [0.5, 0.6) is 0 Å². The smallest absolute Gasteiger partial charge is 0.0694 e. The molecule has 1 rings (SSSR count). The van der Waals surface area contributed by atoms with Gasteiger partial charge in [0, 0.05) is 6.61 Å². The van der Waals surface area contributed by atoms with Gasteiger partial charge in [0.15, 0.2) is 0 Å². The zero-order valence-corrected chi connectivity index (χ0v) is 9.72.